The van der Waals surface area contributed by atoms with Crippen molar-refractivity contribution in [3.8, 4) is 5.75 Å². The number of hydrogen-bond acceptors (Lipinski definition) is 4. The summed E-state index contributed by atoms with van der Waals surface area (Å²) in [5, 5.41) is 15.6. The highest BCUT2D eigenvalue weighted by Crippen LogP contribution is 2.39. The summed E-state index contributed by atoms with van der Waals surface area (Å²) in [6, 6.07) is 17.2. The number of methoxy groups -OCH3 is 1. The molecule has 0 saturated heterocycles. The quantitative estimate of drug-likeness (QED) is 0.787. The number of nitrogens with zero attached hydrogens (tertiary/aromatic N) is 1. The van der Waals surface area contributed by atoms with Gasteiger partial charge in [0, 0.05) is 30.2 Å². The van der Waals surface area contributed by atoms with Gasteiger partial charge in [0.1, 0.15) is 5.75 Å². The fourth-order valence-corrected chi connectivity index (χ4v) is 3.33. The van der Waals surface area contributed by atoms with Crippen LogP contribution in [0.2, 0.25) is 0 Å². The summed E-state index contributed by atoms with van der Waals surface area (Å²) >= 11 is 0. The van der Waals surface area contributed by atoms with E-state index in [0.29, 0.717) is 18.1 Å². The van der Waals surface area contributed by atoms with Crippen molar-refractivity contribution in [3.63, 3.8) is 0 Å². The molecule has 0 fully saturated rings. The molecule has 0 bridgehead atoms. The molecule has 0 radical (unpaired) electrons. The van der Waals surface area contributed by atoms with E-state index < -0.39 is 11.9 Å². The molecule has 6 heteroatoms. The first kappa shape index (κ1) is 21.2. The molecule has 1 atom stereocenters. The molecule has 0 amide bonds. The fraction of sp³-hybridized carbons (Fsp3) is 0.273. The number of ether oxygens (including phenoxy) is 1. The van der Waals surface area contributed by atoms with Gasteiger partial charge >= 0.3 is 11.9 Å². The molecule has 0 aromatic heterocycles. The van der Waals surface area contributed by atoms with Crippen molar-refractivity contribution in [1.82, 2.24) is 4.90 Å². The second kappa shape index (κ2) is 10.3. The first-order chi connectivity index (χ1) is 13.4. The van der Waals surface area contributed by atoms with E-state index >= 15 is 0 Å². The summed E-state index contributed by atoms with van der Waals surface area (Å²) in [5.74, 6) is -1.07. The maximum Gasteiger partial charge on any atom is 0.328 e. The van der Waals surface area contributed by atoms with E-state index in [1.165, 1.54) is 16.7 Å². The summed E-state index contributed by atoms with van der Waals surface area (Å²) in [5.41, 5.74) is 4.14. The lowest BCUT2D eigenvalue weighted by Crippen LogP contribution is -2.17. The maximum atomic E-state index is 9.55. The Kier molecular flexibility index (Phi) is 7.77. The maximum absolute atomic E-state index is 9.55. The molecule has 1 heterocycles. The van der Waals surface area contributed by atoms with Crippen LogP contribution in [0.5, 0.6) is 5.75 Å². The molecule has 0 spiro atoms. The molecule has 1 aliphatic heterocycles. The number of fused-ring (bicyclic) bond motifs is 1. The van der Waals surface area contributed by atoms with Gasteiger partial charge in [-0.3, -0.25) is 0 Å². The number of carboxylic acids is 2. The van der Waals surface area contributed by atoms with Crippen LogP contribution >= 0.6 is 0 Å². The van der Waals surface area contributed by atoms with E-state index in [1.54, 1.807) is 7.11 Å². The Morgan fingerprint density at radius 2 is 1.68 bits per heavy atom. The highest BCUT2D eigenvalue weighted by molar-refractivity contribution is 5.89. The smallest absolute Gasteiger partial charge is 0.328 e. The van der Waals surface area contributed by atoms with E-state index in [-0.39, 0.29) is 0 Å². The molecule has 6 nitrogen and oxygen atoms in total. The van der Waals surface area contributed by atoms with E-state index in [1.807, 2.05) is 0 Å². The van der Waals surface area contributed by atoms with Crippen LogP contribution in [0.1, 0.15) is 29.0 Å². The first-order valence-corrected chi connectivity index (χ1v) is 8.95. The molecule has 0 aliphatic carbocycles. The van der Waals surface area contributed by atoms with Crippen LogP contribution in [-0.4, -0.2) is 47.8 Å². The lowest BCUT2D eigenvalue weighted by molar-refractivity contribution is -0.134. The predicted octanol–water partition coefficient (Wildman–Crippen LogP) is 3.37. The lowest BCUT2D eigenvalue weighted by Gasteiger charge is -2.20. The van der Waals surface area contributed by atoms with Crippen LogP contribution in [-0.2, 0) is 16.1 Å². The molecular weight excluding hydrogens is 358 g/mol. The standard InChI is InChI=1S/C18H21NO.C4H4O4/c1-19-12-11-16(14-7-4-3-5-8-14)18-15(13-19)9-6-10-17(18)20-2;5-3(6)1-2-4(7)8/h3-10,16H,11-13H2,1-2H3;1-2H,(H,5,6)(H,7,8)/b;2-1+. The van der Waals surface area contributed by atoms with Gasteiger partial charge in [-0.15, -0.1) is 0 Å². The second-order valence-corrected chi connectivity index (χ2v) is 6.53. The van der Waals surface area contributed by atoms with Crippen molar-refractivity contribution in [2.24, 2.45) is 0 Å². The topological polar surface area (TPSA) is 87.1 Å². The minimum absolute atomic E-state index is 0.423. The zero-order valence-electron chi connectivity index (χ0n) is 16.0. The Labute approximate surface area is 164 Å². The molecule has 28 heavy (non-hydrogen) atoms. The average molecular weight is 383 g/mol. The predicted molar refractivity (Wildman–Crippen MR) is 107 cm³/mol. The number of hydrogen-bond donors (Lipinski definition) is 2. The summed E-state index contributed by atoms with van der Waals surface area (Å²) in [6.07, 6.45) is 2.25. The molecule has 3 rings (SSSR count). The molecule has 148 valence electrons. The van der Waals surface area contributed by atoms with Gasteiger partial charge in [-0.1, -0.05) is 42.5 Å². The van der Waals surface area contributed by atoms with Crippen LogP contribution in [0, 0.1) is 0 Å². The van der Waals surface area contributed by atoms with Crippen LogP contribution in [0.3, 0.4) is 0 Å². The molecule has 1 unspecified atom stereocenters. The van der Waals surface area contributed by atoms with Crippen molar-refractivity contribution in [2.45, 2.75) is 18.9 Å². The third-order valence-corrected chi connectivity index (χ3v) is 4.53. The van der Waals surface area contributed by atoms with Crippen LogP contribution in [0.4, 0.5) is 0 Å². The zero-order valence-corrected chi connectivity index (χ0v) is 16.0. The molecule has 0 saturated carbocycles. The zero-order chi connectivity index (χ0) is 20.5. The van der Waals surface area contributed by atoms with Gasteiger partial charge in [-0.2, -0.15) is 0 Å². The largest absolute Gasteiger partial charge is 0.496 e. The highest BCUT2D eigenvalue weighted by atomic mass is 16.5. The van der Waals surface area contributed by atoms with E-state index in [4.69, 9.17) is 14.9 Å². The van der Waals surface area contributed by atoms with Crippen LogP contribution in [0.25, 0.3) is 0 Å². The molecule has 1 aliphatic rings. The number of carbonyl (C=O) groups is 2. The third-order valence-electron chi connectivity index (χ3n) is 4.53. The SMILES string of the molecule is COc1cccc2c1C(c1ccccc1)CCN(C)C2.O=C(O)/C=C/C(=O)O. The number of rotatable bonds is 4. The van der Waals surface area contributed by atoms with Crippen LogP contribution < -0.4 is 4.74 Å². The molecule has 2 aromatic rings. The summed E-state index contributed by atoms with van der Waals surface area (Å²) in [4.78, 5) is 21.5. The van der Waals surface area contributed by atoms with Crippen molar-refractivity contribution < 1.29 is 24.5 Å². The van der Waals surface area contributed by atoms with E-state index in [9.17, 15) is 9.59 Å². The second-order valence-electron chi connectivity index (χ2n) is 6.53. The first-order valence-electron chi connectivity index (χ1n) is 8.95. The highest BCUT2D eigenvalue weighted by Gasteiger charge is 2.25. The van der Waals surface area contributed by atoms with Gasteiger partial charge < -0.3 is 19.8 Å². The third kappa shape index (κ3) is 5.96. The Hall–Kier alpha value is -3.12. The molecular formula is C22H25NO5. The number of carboxylic acid groups (broad SMARTS) is 2. The van der Waals surface area contributed by atoms with Gasteiger partial charge in [-0.05, 0) is 37.2 Å². The van der Waals surface area contributed by atoms with Crippen molar-refractivity contribution in [1.29, 1.82) is 0 Å². The van der Waals surface area contributed by atoms with Crippen LogP contribution in [0.15, 0.2) is 60.7 Å². The van der Waals surface area contributed by atoms with Crippen molar-refractivity contribution in [3.05, 3.63) is 77.4 Å². The van der Waals surface area contributed by atoms with Gasteiger partial charge in [-0.25, -0.2) is 9.59 Å². The van der Waals surface area contributed by atoms with Gasteiger partial charge in [0.05, 0.1) is 7.11 Å². The minimum atomic E-state index is -1.26. The summed E-state index contributed by atoms with van der Waals surface area (Å²) in [6.45, 7) is 2.10. The monoisotopic (exact) mass is 383 g/mol. The lowest BCUT2D eigenvalue weighted by atomic mass is 9.86. The van der Waals surface area contributed by atoms with E-state index in [0.717, 1.165) is 25.3 Å². The normalized spacial score (nSPS) is 16.4. The molecule has 2 aromatic carbocycles. The van der Waals surface area contributed by atoms with Gasteiger partial charge in [0.25, 0.3) is 0 Å². The van der Waals surface area contributed by atoms with Gasteiger partial charge in [0.2, 0.25) is 0 Å². The minimum Gasteiger partial charge on any atom is -0.496 e. The van der Waals surface area contributed by atoms with Gasteiger partial charge in [0.15, 0.2) is 0 Å². The summed E-state index contributed by atoms with van der Waals surface area (Å²) in [7, 11) is 3.96. The molecule has 2 N–H and O–H groups in total. The Morgan fingerprint density at radius 3 is 2.25 bits per heavy atom. The Bertz CT molecular complexity index is 816. The van der Waals surface area contributed by atoms with Crippen molar-refractivity contribution >= 4 is 11.9 Å². The summed E-state index contributed by atoms with van der Waals surface area (Å²) < 4.78 is 5.64. The number of benzene rings is 2. The van der Waals surface area contributed by atoms with Crippen molar-refractivity contribution in [2.75, 3.05) is 20.7 Å². The van der Waals surface area contributed by atoms with E-state index in [2.05, 4.69) is 60.5 Å². The Morgan fingerprint density at radius 1 is 1.04 bits per heavy atom. The average Bonchev–Trinajstić information content (AvgIpc) is 2.85. The fourth-order valence-electron chi connectivity index (χ4n) is 3.33. The number of aliphatic carboxylic acids is 2. The Balaban J connectivity index is 0.000000300.